The van der Waals surface area contributed by atoms with Crippen LogP contribution in [0.1, 0.15) is 24.8 Å². The summed E-state index contributed by atoms with van der Waals surface area (Å²) < 4.78 is 26.7. The average molecular weight is 337 g/mol. The molecule has 0 heterocycles. The molecule has 0 atom stereocenters. The van der Waals surface area contributed by atoms with Gasteiger partial charge in [0.2, 0.25) is 10.0 Å². The molecule has 0 unspecified atom stereocenters. The van der Waals surface area contributed by atoms with Gasteiger partial charge in [-0.15, -0.1) is 0 Å². The van der Waals surface area contributed by atoms with E-state index in [0.717, 1.165) is 30.6 Å². The van der Waals surface area contributed by atoms with Gasteiger partial charge in [0.1, 0.15) is 0 Å². The van der Waals surface area contributed by atoms with Crippen LogP contribution in [0.3, 0.4) is 0 Å². The van der Waals surface area contributed by atoms with Crippen LogP contribution in [-0.4, -0.2) is 27.0 Å². The van der Waals surface area contributed by atoms with Crippen LogP contribution in [-0.2, 0) is 16.6 Å². The molecule has 0 amide bonds. The van der Waals surface area contributed by atoms with E-state index in [4.69, 9.17) is 17.3 Å². The van der Waals surface area contributed by atoms with Crippen LogP contribution in [0.2, 0.25) is 5.02 Å². The minimum Gasteiger partial charge on any atom is -0.326 e. The second kappa shape index (κ2) is 8.89. The van der Waals surface area contributed by atoms with Crippen molar-refractivity contribution in [1.82, 2.24) is 4.72 Å². The highest BCUT2D eigenvalue weighted by molar-refractivity contribution is 7.98. The lowest BCUT2D eigenvalue weighted by Gasteiger charge is -2.08. The predicted octanol–water partition coefficient (Wildman–Crippen LogP) is 2.61. The molecule has 1 aromatic rings. The molecular weight excluding hydrogens is 316 g/mol. The smallest absolute Gasteiger partial charge is 0.240 e. The molecule has 4 nitrogen and oxygen atoms in total. The average Bonchev–Trinajstić information content (AvgIpc) is 2.42. The van der Waals surface area contributed by atoms with E-state index in [1.54, 1.807) is 17.8 Å². The number of halogens is 1. The van der Waals surface area contributed by atoms with Gasteiger partial charge in [-0.2, -0.15) is 11.8 Å². The van der Waals surface area contributed by atoms with E-state index in [2.05, 4.69) is 11.0 Å². The van der Waals surface area contributed by atoms with Gasteiger partial charge in [-0.3, -0.25) is 0 Å². The normalized spacial score (nSPS) is 11.8. The molecule has 3 N–H and O–H groups in total. The van der Waals surface area contributed by atoms with E-state index in [0.29, 0.717) is 18.1 Å². The molecule has 0 radical (unpaired) electrons. The highest BCUT2D eigenvalue weighted by Gasteiger charge is 2.14. The molecule has 1 rings (SSSR count). The fourth-order valence-corrected chi connectivity index (χ4v) is 3.61. The Hall–Kier alpha value is -0.270. The minimum atomic E-state index is -3.48. The molecule has 0 saturated carbocycles. The fourth-order valence-electron chi connectivity index (χ4n) is 1.70. The molecule has 0 aromatic heterocycles. The van der Waals surface area contributed by atoms with E-state index < -0.39 is 10.0 Å². The molecule has 20 heavy (non-hydrogen) atoms. The maximum absolute atomic E-state index is 12.1. The van der Waals surface area contributed by atoms with Crippen molar-refractivity contribution in [3.8, 4) is 0 Å². The highest BCUT2D eigenvalue weighted by Crippen LogP contribution is 2.20. The first-order valence-electron chi connectivity index (χ1n) is 6.48. The zero-order valence-electron chi connectivity index (χ0n) is 11.6. The summed E-state index contributed by atoms with van der Waals surface area (Å²) in [6, 6.07) is 4.62. The van der Waals surface area contributed by atoms with Crippen LogP contribution < -0.4 is 10.5 Å². The van der Waals surface area contributed by atoms with Gasteiger partial charge in [0.15, 0.2) is 0 Å². The van der Waals surface area contributed by atoms with Gasteiger partial charge in [0.25, 0.3) is 0 Å². The Morgan fingerprint density at radius 2 is 2.05 bits per heavy atom. The van der Waals surface area contributed by atoms with Gasteiger partial charge >= 0.3 is 0 Å². The van der Waals surface area contributed by atoms with Crippen LogP contribution in [0.15, 0.2) is 23.1 Å². The van der Waals surface area contributed by atoms with Crippen LogP contribution in [0.25, 0.3) is 0 Å². The van der Waals surface area contributed by atoms with E-state index in [9.17, 15) is 8.42 Å². The number of unbranched alkanes of at least 4 members (excludes halogenated alkanes) is 2. The topological polar surface area (TPSA) is 72.2 Å². The maximum atomic E-state index is 12.1. The number of hydrogen-bond donors (Lipinski definition) is 2. The van der Waals surface area contributed by atoms with Crippen molar-refractivity contribution in [2.24, 2.45) is 5.73 Å². The Morgan fingerprint density at radius 3 is 2.65 bits per heavy atom. The molecule has 7 heteroatoms. The lowest BCUT2D eigenvalue weighted by Crippen LogP contribution is -2.24. The van der Waals surface area contributed by atoms with Crippen LogP contribution in [0.4, 0.5) is 0 Å². The van der Waals surface area contributed by atoms with Crippen molar-refractivity contribution in [2.75, 3.05) is 18.6 Å². The Bertz CT molecular complexity index is 521. The highest BCUT2D eigenvalue weighted by atomic mass is 35.5. The van der Waals surface area contributed by atoms with Gasteiger partial charge in [0, 0.05) is 18.1 Å². The van der Waals surface area contributed by atoms with Crippen molar-refractivity contribution in [3.63, 3.8) is 0 Å². The first-order chi connectivity index (χ1) is 9.51. The van der Waals surface area contributed by atoms with Crippen LogP contribution in [0.5, 0.6) is 0 Å². The van der Waals surface area contributed by atoms with E-state index in [-0.39, 0.29) is 4.90 Å². The van der Waals surface area contributed by atoms with E-state index >= 15 is 0 Å². The number of benzene rings is 1. The second-order valence-corrected chi connectivity index (χ2v) is 7.57. The molecule has 0 saturated heterocycles. The summed E-state index contributed by atoms with van der Waals surface area (Å²) in [6.07, 6.45) is 5.04. The molecule has 0 fully saturated rings. The van der Waals surface area contributed by atoms with Crippen molar-refractivity contribution in [1.29, 1.82) is 0 Å². The lowest BCUT2D eigenvalue weighted by atomic mass is 10.2. The lowest BCUT2D eigenvalue weighted by molar-refractivity contribution is 0.576. The summed E-state index contributed by atoms with van der Waals surface area (Å²) in [5.41, 5.74) is 6.24. The summed E-state index contributed by atoms with van der Waals surface area (Å²) in [6.45, 7) is 0.745. The number of nitrogens with one attached hydrogen (secondary N) is 1. The van der Waals surface area contributed by atoms with Gasteiger partial charge < -0.3 is 5.73 Å². The molecule has 114 valence electrons. The molecule has 0 bridgehead atoms. The van der Waals surface area contributed by atoms with Crippen LogP contribution >= 0.6 is 23.4 Å². The number of thioether (sulfide) groups is 1. The summed E-state index contributed by atoms with van der Waals surface area (Å²) >= 11 is 7.78. The monoisotopic (exact) mass is 336 g/mol. The number of rotatable bonds is 9. The molecule has 0 aliphatic heterocycles. The summed E-state index contributed by atoms with van der Waals surface area (Å²) in [5, 5.41) is 0.385. The fraction of sp³-hybridized carbons (Fsp3) is 0.538. The van der Waals surface area contributed by atoms with Crippen molar-refractivity contribution >= 4 is 33.4 Å². The minimum absolute atomic E-state index is 0.184. The zero-order valence-corrected chi connectivity index (χ0v) is 14.0. The molecule has 0 aliphatic carbocycles. The van der Waals surface area contributed by atoms with E-state index in [1.807, 2.05) is 0 Å². The first-order valence-corrected chi connectivity index (χ1v) is 9.74. The molecular formula is C13H21ClN2O2S2. The van der Waals surface area contributed by atoms with Gasteiger partial charge in [-0.05, 0) is 42.5 Å². The van der Waals surface area contributed by atoms with E-state index in [1.165, 1.54) is 12.1 Å². The van der Waals surface area contributed by atoms with Gasteiger partial charge in [-0.1, -0.05) is 24.1 Å². The maximum Gasteiger partial charge on any atom is 0.240 e. The molecule has 0 aliphatic rings. The third-order valence-electron chi connectivity index (χ3n) is 2.87. The SMILES string of the molecule is CSCCCCCNS(=O)(=O)c1ccc(CN)c(Cl)c1. The third kappa shape index (κ3) is 5.61. The molecule has 0 spiro atoms. The Balaban J connectivity index is 2.54. The van der Waals surface area contributed by atoms with Crippen LogP contribution in [0, 0.1) is 0 Å². The Kier molecular flexibility index (Phi) is 7.91. The standard InChI is InChI=1S/C13H21ClN2O2S2/c1-19-8-4-2-3-7-16-20(17,18)12-6-5-11(10-15)13(14)9-12/h5-6,9,16H,2-4,7-8,10,15H2,1H3. The summed E-state index contributed by atoms with van der Waals surface area (Å²) in [4.78, 5) is 0.184. The zero-order chi connectivity index (χ0) is 15.0. The quantitative estimate of drug-likeness (QED) is 0.680. The largest absolute Gasteiger partial charge is 0.326 e. The number of sulfonamides is 1. The Morgan fingerprint density at radius 1 is 1.30 bits per heavy atom. The summed E-state index contributed by atoms with van der Waals surface area (Å²) in [5.74, 6) is 1.11. The number of nitrogens with two attached hydrogens (primary N) is 1. The number of hydrogen-bond acceptors (Lipinski definition) is 4. The first kappa shape index (κ1) is 17.8. The van der Waals surface area contributed by atoms with Crippen molar-refractivity contribution < 1.29 is 8.42 Å². The van der Waals surface area contributed by atoms with Crippen molar-refractivity contribution in [3.05, 3.63) is 28.8 Å². The molecule has 1 aromatic carbocycles. The second-order valence-electron chi connectivity index (χ2n) is 4.41. The van der Waals surface area contributed by atoms with Gasteiger partial charge in [0.05, 0.1) is 4.90 Å². The Labute approximate surface area is 130 Å². The van der Waals surface area contributed by atoms with Gasteiger partial charge in [-0.25, -0.2) is 13.1 Å². The van der Waals surface area contributed by atoms with Crippen molar-refractivity contribution in [2.45, 2.75) is 30.7 Å². The predicted molar refractivity (Wildman–Crippen MR) is 86.8 cm³/mol. The summed E-state index contributed by atoms with van der Waals surface area (Å²) in [7, 11) is -3.48. The third-order valence-corrected chi connectivity index (χ3v) is 5.38.